The molecule has 0 fully saturated rings. The first-order valence-corrected chi connectivity index (χ1v) is 8.38. The molecule has 0 amide bonds. The molecule has 0 aromatic rings. The fourth-order valence-corrected chi connectivity index (χ4v) is 2.12. The maximum Gasteiger partial charge on any atom is 0.385 e. The van der Waals surface area contributed by atoms with E-state index in [9.17, 15) is 4.79 Å². The summed E-state index contributed by atoms with van der Waals surface area (Å²) in [5, 5.41) is 0. The van der Waals surface area contributed by atoms with Gasteiger partial charge >= 0.3 is 5.97 Å². The molecule has 2 nitrogen and oxygen atoms in total. The van der Waals surface area contributed by atoms with Crippen LogP contribution in [0.4, 0.5) is 0 Å². The lowest BCUT2D eigenvalue weighted by Crippen LogP contribution is -1.93. The normalized spacial score (nSPS) is 9.24. The van der Waals surface area contributed by atoms with Crippen molar-refractivity contribution in [2.24, 2.45) is 0 Å². The van der Waals surface area contributed by atoms with Crippen LogP contribution < -0.4 is 0 Å². The molecule has 0 rings (SSSR count). The van der Waals surface area contributed by atoms with E-state index in [1.165, 1.54) is 71.3 Å². The van der Waals surface area contributed by atoms with Crippen molar-refractivity contribution in [3.63, 3.8) is 0 Å². The minimum absolute atomic E-state index is 0.529. The second-order valence-corrected chi connectivity index (χ2v) is 5.33. The molecular weight excluding hydrogens is 260 g/mol. The molecule has 21 heavy (non-hydrogen) atoms. The first kappa shape index (κ1) is 19.6. The van der Waals surface area contributed by atoms with Gasteiger partial charge in [0.2, 0.25) is 0 Å². The molecule has 0 saturated heterocycles. The van der Waals surface area contributed by atoms with E-state index in [0.717, 1.165) is 12.8 Å². The molecule has 0 aliphatic carbocycles. The summed E-state index contributed by atoms with van der Waals surface area (Å²) in [5.74, 6) is 9.89. The van der Waals surface area contributed by atoms with Crippen LogP contribution >= 0.6 is 0 Å². The van der Waals surface area contributed by atoms with Crippen molar-refractivity contribution >= 4 is 5.97 Å². The van der Waals surface area contributed by atoms with Crippen molar-refractivity contribution in [2.45, 2.75) is 84.0 Å². The zero-order valence-corrected chi connectivity index (χ0v) is 13.8. The molecular formula is C19H30O2. The molecule has 2 heteroatoms. The fraction of sp³-hybridized carbons (Fsp3) is 0.737. The Hall–Kier alpha value is -1.41. The van der Waals surface area contributed by atoms with Crippen molar-refractivity contribution in [2.75, 3.05) is 7.11 Å². The molecule has 0 radical (unpaired) electrons. The number of carbonyl (C=O) groups is 1. The first-order chi connectivity index (χ1) is 10.3. The number of methoxy groups -OCH3 is 1. The van der Waals surface area contributed by atoms with E-state index in [0.29, 0.717) is 0 Å². The third-order valence-corrected chi connectivity index (χ3v) is 3.41. The largest absolute Gasteiger partial charge is 0.459 e. The highest BCUT2D eigenvalue weighted by Gasteiger charge is 1.92. The minimum Gasteiger partial charge on any atom is -0.459 e. The van der Waals surface area contributed by atoms with E-state index in [1.807, 2.05) is 0 Å². The molecule has 0 aromatic heterocycles. The van der Waals surface area contributed by atoms with Crippen LogP contribution in [-0.2, 0) is 9.53 Å². The molecule has 0 aliphatic rings. The van der Waals surface area contributed by atoms with E-state index in [4.69, 9.17) is 0 Å². The number of ether oxygens (including phenoxy) is 1. The number of hydrogen-bond acceptors (Lipinski definition) is 2. The van der Waals surface area contributed by atoms with Crippen LogP contribution in [0.25, 0.3) is 0 Å². The van der Waals surface area contributed by atoms with Crippen molar-refractivity contribution in [1.82, 2.24) is 0 Å². The molecule has 0 spiro atoms. The Labute approximate surface area is 131 Å². The van der Waals surface area contributed by atoms with E-state index >= 15 is 0 Å². The highest BCUT2D eigenvalue weighted by molar-refractivity contribution is 5.88. The molecule has 0 bridgehead atoms. The third kappa shape index (κ3) is 16.5. The predicted molar refractivity (Wildman–Crippen MR) is 88.6 cm³/mol. The van der Waals surface area contributed by atoms with E-state index < -0.39 is 5.97 Å². The standard InChI is InChI=1S/C19H30O2/c1-3-4-5-6-7-8-9-10-11-12-13-14-15-16-17-18-19(20)21-2/h3-14H2,1-2H3. The summed E-state index contributed by atoms with van der Waals surface area (Å²) in [6.45, 7) is 2.26. The van der Waals surface area contributed by atoms with Gasteiger partial charge in [-0.3, -0.25) is 0 Å². The Morgan fingerprint density at radius 3 is 1.86 bits per heavy atom. The highest BCUT2D eigenvalue weighted by Crippen LogP contribution is 2.11. The minimum atomic E-state index is -0.529. The number of esters is 1. The fourth-order valence-electron chi connectivity index (χ4n) is 2.12. The molecule has 0 aliphatic heterocycles. The highest BCUT2D eigenvalue weighted by atomic mass is 16.5. The molecule has 0 unspecified atom stereocenters. The molecule has 118 valence electrons. The van der Waals surface area contributed by atoms with Gasteiger partial charge in [0, 0.05) is 12.3 Å². The SMILES string of the molecule is CCCCCCCCCCCCCC#CC#CC(=O)OC. The first-order valence-electron chi connectivity index (χ1n) is 8.38. The smallest absolute Gasteiger partial charge is 0.385 e. The molecule has 0 heterocycles. The Morgan fingerprint density at radius 2 is 1.33 bits per heavy atom. The Kier molecular flexibility index (Phi) is 15.5. The van der Waals surface area contributed by atoms with Gasteiger partial charge in [-0.1, -0.05) is 77.1 Å². The Balaban J connectivity index is 3.24. The molecule has 0 N–H and O–H groups in total. The average Bonchev–Trinajstić information content (AvgIpc) is 2.50. The number of rotatable bonds is 11. The number of carbonyl (C=O) groups excluding carboxylic acids is 1. The van der Waals surface area contributed by atoms with E-state index in [2.05, 4.69) is 35.3 Å². The maximum atomic E-state index is 10.7. The van der Waals surface area contributed by atoms with Crippen molar-refractivity contribution in [3.8, 4) is 23.7 Å². The van der Waals surface area contributed by atoms with Crippen LogP contribution in [0, 0.1) is 23.7 Å². The van der Waals surface area contributed by atoms with Gasteiger partial charge in [0.1, 0.15) is 0 Å². The zero-order valence-electron chi connectivity index (χ0n) is 13.8. The van der Waals surface area contributed by atoms with Gasteiger partial charge < -0.3 is 4.74 Å². The average molecular weight is 290 g/mol. The predicted octanol–water partition coefficient (Wildman–Crippen LogP) is 4.87. The summed E-state index contributed by atoms with van der Waals surface area (Å²) < 4.78 is 4.39. The van der Waals surface area contributed by atoms with Crippen molar-refractivity contribution in [1.29, 1.82) is 0 Å². The second kappa shape index (κ2) is 16.6. The molecule has 0 saturated carbocycles. The van der Waals surface area contributed by atoms with Crippen LogP contribution in [0.5, 0.6) is 0 Å². The Bertz CT molecular complexity index is 362. The summed E-state index contributed by atoms with van der Waals surface area (Å²) in [5.41, 5.74) is 0. The quantitative estimate of drug-likeness (QED) is 0.235. The van der Waals surface area contributed by atoms with Gasteiger partial charge in [-0.15, -0.1) is 0 Å². The van der Waals surface area contributed by atoms with Crippen LogP contribution in [0.15, 0.2) is 0 Å². The monoisotopic (exact) mass is 290 g/mol. The van der Waals surface area contributed by atoms with Gasteiger partial charge in [0.25, 0.3) is 0 Å². The summed E-state index contributed by atoms with van der Waals surface area (Å²) in [6.07, 6.45) is 15.6. The van der Waals surface area contributed by atoms with Gasteiger partial charge in [-0.05, 0) is 18.3 Å². The van der Waals surface area contributed by atoms with Crippen LogP contribution in [0.3, 0.4) is 0 Å². The lowest BCUT2D eigenvalue weighted by atomic mass is 10.1. The van der Waals surface area contributed by atoms with Crippen molar-refractivity contribution in [3.05, 3.63) is 0 Å². The van der Waals surface area contributed by atoms with E-state index in [-0.39, 0.29) is 0 Å². The maximum absolute atomic E-state index is 10.7. The second-order valence-electron chi connectivity index (χ2n) is 5.33. The number of unbranched alkanes of at least 4 members (excludes halogenated alkanes) is 11. The summed E-state index contributed by atoms with van der Waals surface area (Å²) in [6, 6.07) is 0. The zero-order chi connectivity index (χ0) is 15.6. The van der Waals surface area contributed by atoms with Gasteiger partial charge in [-0.25, -0.2) is 4.79 Å². The van der Waals surface area contributed by atoms with Gasteiger partial charge in [0.15, 0.2) is 0 Å². The van der Waals surface area contributed by atoms with Crippen LogP contribution in [0.1, 0.15) is 84.0 Å². The summed E-state index contributed by atoms with van der Waals surface area (Å²) >= 11 is 0. The third-order valence-electron chi connectivity index (χ3n) is 3.41. The Morgan fingerprint density at radius 1 is 0.810 bits per heavy atom. The van der Waals surface area contributed by atoms with E-state index in [1.54, 1.807) is 0 Å². The summed E-state index contributed by atoms with van der Waals surface area (Å²) in [7, 11) is 1.32. The molecule has 0 atom stereocenters. The van der Waals surface area contributed by atoms with Gasteiger partial charge in [0.05, 0.1) is 7.11 Å². The lowest BCUT2D eigenvalue weighted by Gasteiger charge is -2.01. The van der Waals surface area contributed by atoms with Gasteiger partial charge in [-0.2, -0.15) is 0 Å². The van der Waals surface area contributed by atoms with Crippen LogP contribution in [-0.4, -0.2) is 13.1 Å². The lowest BCUT2D eigenvalue weighted by molar-refractivity contribution is -0.133. The number of hydrogen-bond donors (Lipinski definition) is 0. The summed E-state index contributed by atoms with van der Waals surface area (Å²) in [4.78, 5) is 10.7. The van der Waals surface area contributed by atoms with Crippen molar-refractivity contribution < 1.29 is 9.53 Å². The molecule has 0 aromatic carbocycles. The topological polar surface area (TPSA) is 26.3 Å². The van der Waals surface area contributed by atoms with Crippen LogP contribution in [0.2, 0.25) is 0 Å².